The maximum absolute atomic E-state index is 13.8. The molecule has 22 nitrogen and oxygen atoms in total. The molecule has 4 aromatic rings. The molecule has 0 aliphatic carbocycles. The van der Waals surface area contributed by atoms with Crippen molar-refractivity contribution in [3.05, 3.63) is 71.1 Å². The van der Waals surface area contributed by atoms with Crippen molar-refractivity contribution in [3.8, 4) is 11.5 Å². The molecule has 0 unspecified atom stereocenters. The third-order valence-corrected chi connectivity index (χ3v) is 11.3. The molecule has 1 fully saturated rings. The molecule has 5 amide bonds. The van der Waals surface area contributed by atoms with Gasteiger partial charge in [0.05, 0.1) is 24.8 Å². The van der Waals surface area contributed by atoms with Gasteiger partial charge >= 0.3 is 0 Å². The van der Waals surface area contributed by atoms with Gasteiger partial charge in [-0.25, -0.2) is 9.97 Å². The molecule has 71 heavy (non-hydrogen) atoms. The Morgan fingerprint density at radius 3 is 1.62 bits per heavy atom. The van der Waals surface area contributed by atoms with Crippen LogP contribution in [-0.4, -0.2) is 135 Å². The smallest absolute Gasteiger partial charge is 0.274 e. The molecule has 0 spiro atoms. The van der Waals surface area contributed by atoms with Gasteiger partial charge in [0.1, 0.15) is 39.7 Å². The summed E-state index contributed by atoms with van der Waals surface area (Å²) in [7, 11) is 1.43. The zero-order chi connectivity index (χ0) is 51.8. The lowest BCUT2D eigenvalue weighted by atomic mass is 10.1. The Hall–Kier alpha value is -7.88. The summed E-state index contributed by atoms with van der Waals surface area (Å²) in [6.07, 6.45) is 9.30. The third-order valence-electron chi connectivity index (χ3n) is 11.3. The summed E-state index contributed by atoms with van der Waals surface area (Å²) in [5.41, 5.74) is 13.8. The molecule has 2 aromatic heterocycles. The molecule has 1 aliphatic rings. The zero-order valence-electron chi connectivity index (χ0n) is 41.3. The van der Waals surface area contributed by atoms with Gasteiger partial charge in [-0.3, -0.25) is 39.5 Å². The van der Waals surface area contributed by atoms with Gasteiger partial charge in [-0.2, -0.15) is 0 Å². The van der Waals surface area contributed by atoms with E-state index >= 15 is 0 Å². The van der Waals surface area contributed by atoms with E-state index in [1.54, 1.807) is 42.1 Å². The molecular formula is C49H66N14O8. The number of ether oxygens (including phenoxy) is 2. The number of amides is 5. The van der Waals surface area contributed by atoms with Gasteiger partial charge in [-0.05, 0) is 90.3 Å². The van der Waals surface area contributed by atoms with Crippen molar-refractivity contribution in [3.63, 3.8) is 0 Å². The maximum atomic E-state index is 13.8. The number of imidazole rings is 2. The highest BCUT2D eigenvalue weighted by molar-refractivity contribution is 6.09. The summed E-state index contributed by atoms with van der Waals surface area (Å²) in [6, 6.07) is 6.03. The lowest BCUT2D eigenvalue weighted by Crippen LogP contribution is -2.48. The number of ketones is 1. The number of hydrogen-bond acceptors (Lipinski definition) is 15. The Balaban J connectivity index is 1.46. The number of fused-ring (bicyclic) bond motifs is 2. The van der Waals surface area contributed by atoms with E-state index in [4.69, 9.17) is 36.7 Å². The first kappa shape index (κ1) is 54.1. The zero-order valence-corrected chi connectivity index (χ0v) is 41.3. The van der Waals surface area contributed by atoms with Gasteiger partial charge < -0.3 is 61.2 Å². The summed E-state index contributed by atoms with van der Waals surface area (Å²) >= 11 is 0. The number of nitrogens with two attached hydrogens (primary N) is 2. The number of unbranched alkanes of at least 4 members (excludes halogenated alkanes) is 1. The van der Waals surface area contributed by atoms with Gasteiger partial charge in [0.2, 0.25) is 29.6 Å². The summed E-state index contributed by atoms with van der Waals surface area (Å²) in [5, 5.41) is 27.6. The third kappa shape index (κ3) is 14.8. The first-order chi connectivity index (χ1) is 33.9. The number of nitrogens with one attached hydrogen (secondary N) is 6. The second-order valence-electron chi connectivity index (χ2n) is 17.0. The van der Waals surface area contributed by atoms with E-state index in [0.29, 0.717) is 106 Å². The minimum absolute atomic E-state index is 0.0885. The van der Waals surface area contributed by atoms with Crippen LogP contribution in [0.1, 0.15) is 87.4 Å². The van der Waals surface area contributed by atoms with Crippen molar-refractivity contribution < 1.29 is 38.2 Å². The van der Waals surface area contributed by atoms with Crippen LogP contribution in [0.5, 0.6) is 11.5 Å². The van der Waals surface area contributed by atoms with Crippen LogP contribution >= 0.6 is 0 Å². The Bertz CT molecular complexity index is 2760. The van der Waals surface area contributed by atoms with Crippen molar-refractivity contribution >= 4 is 80.7 Å². The lowest BCUT2D eigenvalue weighted by molar-refractivity contribution is -0.133. The molecule has 1 saturated heterocycles. The van der Waals surface area contributed by atoms with Gasteiger partial charge in [0.15, 0.2) is 0 Å². The van der Waals surface area contributed by atoms with Crippen LogP contribution in [0, 0.1) is 10.8 Å². The first-order valence-electron chi connectivity index (χ1n) is 23.6. The standard InChI is InChI=1S/C49H66N14O8/c1-7-54-37(24-30(3)50)46(68)58-48-56-35-26-33(44(52)66)28-39(70-6)42(35)62(48)17-11-12-18-63-43-36(57-49(63)59-47(69)38(55-8-2)25-31(4)51)27-34(45(53)67)29-40(43)71-23-13-16-60-19-21-61(22-20-60)41(65)15-10-9-14-32(5)64/h11-12,24-29,50-51,54-55H,7-10,13-23H2,1-6H3,(H2,52,66)(H2,53,67)(H,56,58,68)(H,57,59,69)/b12-11+,37-24-,38-25-,50-30?,51-31?. The molecule has 10 N–H and O–H groups in total. The number of carbonyl (C=O) groups is 6. The molecule has 0 saturated carbocycles. The van der Waals surface area contributed by atoms with E-state index in [9.17, 15) is 28.8 Å². The Morgan fingerprint density at radius 1 is 0.690 bits per heavy atom. The second kappa shape index (κ2) is 25.6. The van der Waals surface area contributed by atoms with Crippen LogP contribution in [0.25, 0.3) is 22.1 Å². The van der Waals surface area contributed by atoms with E-state index in [2.05, 4.69) is 31.2 Å². The van der Waals surface area contributed by atoms with Gasteiger partial charge in [0, 0.05) is 94.3 Å². The topological polar surface area (TPSA) is 311 Å². The molecule has 0 radical (unpaired) electrons. The van der Waals surface area contributed by atoms with Crippen LogP contribution in [0.2, 0.25) is 0 Å². The van der Waals surface area contributed by atoms with Gasteiger partial charge in [0.25, 0.3) is 11.8 Å². The number of primary amides is 2. The average Bonchev–Trinajstić information content (AvgIpc) is 3.85. The van der Waals surface area contributed by atoms with Crippen LogP contribution in [-0.2, 0) is 32.3 Å². The molecule has 380 valence electrons. The molecule has 2 aromatic carbocycles. The van der Waals surface area contributed by atoms with Gasteiger partial charge in [-0.1, -0.05) is 12.2 Å². The number of nitrogens with zero attached hydrogens (tertiary/aromatic N) is 6. The fourth-order valence-electron chi connectivity index (χ4n) is 7.96. The molecule has 1 aliphatic heterocycles. The number of Topliss-reactive ketones (excluding diaryl/α,β-unsaturated/α-hetero) is 1. The molecule has 22 heteroatoms. The fourth-order valence-corrected chi connectivity index (χ4v) is 7.96. The number of aromatic nitrogens is 4. The number of carbonyl (C=O) groups excluding carboxylic acids is 6. The van der Waals surface area contributed by atoms with E-state index < -0.39 is 23.6 Å². The van der Waals surface area contributed by atoms with Crippen molar-refractivity contribution in [2.24, 2.45) is 11.5 Å². The van der Waals surface area contributed by atoms with Gasteiger partial charge in [-0.15, -0.1) is 0 Å². The Morgan fingerprint density at radius 2 is 1.17 bits per heavy atom. The fraction of sp³-hybridized carbons (Fsp3) is 0.429. The predicted octanol–water partition coefficient (Wildman–Crippen LogP) is 3.85. The van der Waals surface area contributed by atoms with E-state index in [0.717, 1.165) is 0 Å². The lowest BCUT2D eigenvalue weighted by Gasteiger charge is -2.34. The van der Waals surface area contributed by atoms with Crippen LogP contribution < -0.4 is 42.2 Å². The number of anilines is 2. The van der Waals surface area contributed by atoms with Crippen molar-refractivity contribution in [2.75, 3.05) is 70.2 Å². The summed E-state index contributed by atoms with van der Waals surface area (Å²) in [5.74, 6) is -1.55. The second-order valence-corrected chi connectivity index (χ2v) is 17.0. The highest BCUT2D eigenvalue weighted by atomic mass is 16.5. The van der Waals surface area contributed by atoms with E-state index in [-0.39, 0.29) is 83.0 Å². The number of allylic oxidation sites excluding steroid dienone is 4. The van der Waals surface area contributed by atoms with E-state index in [1.165, 1.54) is 43.5 Å². The highest BCUT2D eigenvalue weighted by Crippen LogP contribution is 2.33. The summed E-state index contributed by atoms with van der Waals surface area (Å²) in [6.45, 7) is 12.8. The summed E-state index contributed by atoms with van der Waals surface area (Å²) < 4.78 is 15.5. The molecule has 0 bridgehead atoms. The Kier molecular flexibility index (Phi) is 19.5. The SMILES string of the molecule is CCN/C(=C\C(C)=N)C(=O)Nc1nc2cc(C(N)=O)cc(OC)c2n1C/C=C/Cn1c(NC(=O)/C(=C/C(C)=N)NCC)nc2cc(C(N)=O)cc(OCCCN3CCN(C(=O)CCCCC(C)=O)CC3)c21. The highest BCUT2D eigenvalue weighted by Gasteiger charge is 2.24. The number of hydrogen-bond donors (Lipinski definition) is 8. The van der Waals surface area contributed by atoms with Crippen molar-refractivity contribution in [1.82, 2.24) is 39.5 Å². The van der Waals surface area contributed by atoms with Crippen LogP contribution in [0.4, 0.5) is 11.9 Å². The molecule has 0 atom stereocenters. The quantitative estimate of drug-likeness (QED) is 0.0183. The first-order valence-corrected chi connectivity index (χ1v) is 23.6. The average molecular weight is 979 g/mol. The summed E-state index contributed by atoms with van der Waals surface area (Å²) in [4.78, 5) is 89.9. The van der Waals surface area contributed by atoms with Crippen molar-refractivity contribution in [1.29, 1.82) is 10.8 Å². The minimum Gasteiger partial charge on any atom is -0.494 e. The van der Waals surface area contributed by atoms with Crippen LogP contribution in [0.15, 0.2) is 60.0 Å². The number of piperazine rings is 1. The normalized spacial score (nSPS) is 13.4. The Labute approximate surface area is 412 Å². The molecule has 3 heterocycles. The molecule has 5 rings (SSSR count). The monoisotopic (exact) mass is 979 g/mol. The van der Waals surface area contributed by atoms with Crippen molar-refractivity contribution in [2.45, 2.75) is 79.8 Å². The minimum atomic E-state index is -0.711. The molecular weight excluding hydrogens is 913 g/mol. The number of benzene rings is 2. The predicted molar refractivity (Wildman–Crippen MR) is 272 cm³/mol. The number of methoxy groups -OCH3 is 1. The number of rotatable bonds is 27. The van der Waals surface area contributed by atoms with E-state index in [1.807, 2.05) is 18.7 Å². The number of likely N-dealkylation sites (N-methyl/N-ethyl adjacent to an activating group) is 2. The van der Waals surface area contributed by atoms with Crippen LogP contribution in [0.3, 0.4) is 0 Å². The largest absolute Gasteiger partial charge is 0.494 e. The maximum Gasteiger partial charge on any atom is 0.274 e.